The minimum atomic E-state index is -1.45. The van der Waals surface area contributed by atoms with E-state index >= 15 is 0 Å². The zero-order valence-corrected chi connectivity index (χ0v) is 16.1. The van der Waals surface area contributed by atoms with Gasteiger partial charge in [0.25, 0.3) is 5.91 Å². The minimum Gasteiger partial charge on any atom is -0.483 e. The van der Waals surface area contributed by atoms with Crippen LogP contribution in [0.3, 0.4) is 0 Å². The summed E-state index contributed by atoms with van der Waals surface area (Å²) < 4.78 is 5.51. The first kappa shape index (κ1) is 21.1. The largest absolute Gasteiger partial charge is 0.483 e. The number of hydrogen-bond donors (Lipinski definition) is 4. The molecule has 0 heterocycles. The Morgan fingerprint density at radius 3 is 2.40 bits per heavy atom. The van der Waals surface area contributed by atoms with Crippen LogP contribution in [-0.4, -0.2) is 39.8 Å². The highest BCUT2D eigenvalue weighted by atomic mass is 35.5. The molecular weight excluding hydrogens is 414 g/mol. The van der Waals surface area contributed by atoms with Gasteiger partial charge in [0.05, 0.1) is 17.7 Å². The van der Waals surface area contributed by atoms with Gasteiger partial charge in [0.15, 0.2) is 6.61 Å². The van der Waals surface area contributed by atoms with E-state index in [-0.39, 0.29) is 22.8 Å². The maximum absolute atomic E-state index is 12.2. The molecule has 30 heavy (non-hydrogen) atoms. The number of nitrogens with one attached hydrogen (secondary N) is 1. The van der Waals surface area contributed by atoms with Crippen molar-refractivity contribution in [2.45, 2.75) is 6.61 Å². The second kappa shape index (κ2) is 8.81. The van der Waals surface area contributed by atoms with Crippen LogP contribution >= 0.6 is 11.6 Å². The Hall–Kier alpha value is -3.62. The number of benzene rings is 3. The molecule has 0 aliphatic rings. The van der Waals surface area contributed by atoms with E-state index in [1.807, 2.05) is 0 Å². The SMILES string of the molecule is O=C(COc1cc(C(=O)O)c(C(=O)O)c2cc(Cl)ccc12)Nc1cccc(CO)c1. The van der Waals surface area contributed by atoms with Crippen molar-refractivity contribution in [1.29, 1.82) is 0 Å². The average Bonchev–Trinajstić information content (AvgIpc) is 2.71. The van der Waals surface area contributed by atoms with E-state index in [1.165, 1.54) is 18.2 Å². The fraction of sp³-hybridized carbons (Fsp3) is 0.0952. The third-order valence-electron chi connectivity index (χ3n) is 4.26. The van der Waals surface area contributed by atoms with E-state index in [2.05, 4.69) is 5.32 Å². The van der Waals surface area contributed by atoms with Crippen LogP contribution < -0.4 is 10.1 Å². The van der Waals surface area contributed by atoms with Crippen LogP contribution in [0.2, 0.25) is 5.02 Å². The molecule has 3 aromatic carbocycles. The Balaban J connectivity index is 1.92. The molecule has 3 aromatic rings. The van der Waals surface area contributed by atoms with Gasteiger partial charge in [-0.3, -0.25) is 4.79 Å². The van der Waals surface area contributed by atoms with Crippen LogP contribution in [0.15, 0.2) is 48.5 Å². The predicted octanol–water partition coefficient (Wildman–Crippen LogP) is 3.40. The molecule has 154 valence electrons. The smallest absolute Gasteiger partial charge is 0.337 e. The van der Waals surface area contributed by atoms with Crippen LogP contribution in [0.5, 0.6) is 5.75 Å². The van der Waals surface area contributed by atoms with Gasteiger partial charge in [0.2, 0.25) is 0 Å². The number of ether oxygens (including phenoxy) is 1. The summed E-state index contributed by atoms with van der Waals surface area (Å²) >= 11 is 5.96. The highest BCUT2D eigenvalue weighted by Crippen LogP contribution is 2.34. The number of carboxylic acids is 2. The van der Waals surface area contributed by atoms with Gasteiger partial charge in [0.1, 0.15) is 5.75 Å². The Kier molecular flexibility index (Phi) is 6.20. The van der Waals surface area contributed by atoms with Crippen molar-refractivity contribution in [2.75, 3.05) is 11.9 Å². The molecule has 0 fully saturated rings. The Bertz CT molecular complexity index is 1160. The Morgan fingerprint density at radius 1 is 0.967 bits per heavy atom. The number of rotatable bonds is 7. The van der Waals surface area contributed by atoms with Gasteiger partial charge in [-0.05, 0) is 42.0 Å². The summed E-state index contributed by atoms with van der Waals surface area (Å²) in [5.41, 5.74) is 0.173. The quantitative estimate of drug-likeness (QED) is 0.452. The van der Waals surface area contributed by atoms with Gasteiger partial charge in [0, 0.05) is 21.5 Å². The van der Waals surface area contributed by atoms with Crippen molar-refractivity contribution >= 4 is 45.9 Å². The van der Waals surface area contributed by atoms with Crippen molar-refractivity contribution in [2.24, 2.45) is 0 Å². The van der Waals surface area contributed by atoms with Gasteiger partial charge in [-0.1, -0.05) is 23.7 Å². The number of aromatic carboxylic acids is 2. The number of fused-ring (bicyclic) bond motifs is 1. The first-order valence-electron chi connectivity index (χ1n) is 8.65. The second-order valence-corrected chi connectivity index (χ2v) is 6.73. The molecule has 0 aromatic heterocycles. The van der Waals surface area contributed by atoms with E-state index in [0.29, 0.717) is 16.6 Å². The molecule has 0 aliphatic heterocycles. The second-order valence-electron chi connectivity index (χ2n) is 6.29. The van der Waals surface area contributed by atoms with Gasteiger partial charge < -0.3 is 25.4 Å². The van der Waals surface area contributed by atoms with E-state index in [1.54, 1.807) is 24.3 Å². The number of carboxylic acid groups (broad SMARTS) is 2. The topological polar surface area (TPSA) is 133 Å². The third-order valence-corrected chi connectivity index (χ3v) is 4.49. The summed E-state index contributed by atoms with van der Waals surface area (Å²) in [6, 6.07) is 12.0. The molecule has 0 radical (unpaired) electrons. The van der Waals surface area contributed by atoms with Crippen LogP contribution in [0, 0.1) is 0 Å². The van der Waals surface area contributed by atoms with Crippen molar-refractivity contribution in [3.63, 3.8) is 0 Å². The summed E-state index contributed by atoms with van der Waals surface area (Å²) in [6.07, 6.45) is 0. The normalized spacial score (nSPS) is 10.6. The van der Waals surface area contributed by atoms with E-state index in [4.69, 9.17) is 21.4 Å². The van der Waals surface area contributed by atoms with Gasteiger partial charge in [-0.15, -0.1) is 0 Å². The molecule has 3 rings (SSSR count). The van der Waals surface area contributed by atoms with Crippen LogP contribution in [0.1, 0.15) is 26.3 Å². The van der Waals surface area contributed by atoms with E-state index in [0.717, 1.165) is 6.07 Å². The number of amides is 1. The fourth-order valence-electron chi connectivity index (χ4n) is 2.97. The molecule has 0 unspecified atom stereocenters. The lowest BCUT2D eigenvalue weighted by Gasteiger charge is -2.14. The highest BCUT2D eigenvalue weighted by molar-refractivity contribution is 6.31. The monoisotopic (exact) mass is 429 g/mol. The lowest BCUT2D eigenvalue weighted by molar-refractivity contribution is -0.118. The van der Waals surface area contributed by atoms with E-state index < -0.39 is 35.6 Å². The molecule has 4 N–H and O–H groups in total. The summed E-state index contributed by atoms with van der Waals surface area (Å²) in [6.45, 7) is -0.630. The summed E-state index contributed by atoms with van der Waals surface area (Å²) in [5, 5.41) is 31.3. The number of carbonyl (C=O) groups excluding carboxylic acids is 1. The first-order valence-corrected chi connectivity index (χ1v) is 9.03. The standard InChI is InChI=1S/C21H16ClNO7/c22-12-4-5-14-15(7-12)19(21(28)29)16(20(26)27)8-17(14)30-10-18(25)23-13-3-1-2-11(6-13)9-24/h1-8,24H,9-10H2,(H,23,25)(H,26,27)(H,28,29). The molecule has 0 atom stereocenters. The van der Waals surface area contributed by atoms with Gasteiger partial charge in [-0.25, -0.2) is 9.59 Å². The molecule has 8 nitrogen and oxygen atoms in total. The number of hydrogen-bond acceptors (Lipinski definition) is 5. The third kappa shape index (κ3) is 4.51. The van der Waals surface area contributed by atoms with E-state index in [9.17, 15) is 24.6 Å². The van der Waals surface area contributed by atoms with Crippen molar-refractivity contribution in [3.05, 3.63) is 70.2 Å². The number of carbonyl (C=O) groups is 3. The maximum atomic E-state index is 12.2. The minimum absolute atomic E-state index is 0.0309. The van der Waals surface area contributed by atoms with Gasteiger partial charge >= 0.3 is 11.9 Å². The lowest BCUT2D eigenvalue weighted by atomic mass is 9.98. The summed E-state index contributed by atoms with van der Waals surface area (Å²) in [7, 11) is 0. The van der Waals surface area contributed by atoms with Gasteiger partial charge in [-0.2, -0.15) is 0 Å². The first-order chi connectivity index (χ1) is 14.3. The van der Waals surface area contributed by atoms with Crippen LogP contribution in [0.4, 0.5) is 5.69 Å². The van der Waals surface area contributed by atoms with Crippen molar-refractivity contribution in [1.82, 2.24) is 0 Å². The molecule has 0 aliphatic carbocycles. The number of anilines is 1. The summed E-state index contributed by atoms with van der Waals surface area (Å²) in [5.74, 6) is -3.37. The van der Waals surface area contributed by atoms with Crippen molar-refractivity contribution in [3.8, 4) is 5.75 Å². The van der Waals surface area contributed by atoms with Crippen LogP contribution in [0.25, 0.3) is 10.8 Å². The van der Waals surface area contributed by atoms with Crippen molar-refractivity contribution < 1.29 is 34.4 Å². The Morgan fingerprint density at radius 2 is 1.73 bits per heavy atom. The molecular formula is C21H16ClNO7. The van der Waals surface area contributed by atoms with Crippen LogP contribution in [-0.2, 0) is 11.4 Å². The molecule has 0 saturated heterocycles. The predicted molar refractivity (Wildman–Crippen MR) is 109 cm³/mol. The number of halogens is 1. The number of aliphatic hydroxyl groups excluding tert-OH is 1. The fourth-order valence-corrected chi connectivity index (χ4v) is 3.14. The number of aliphatic hydroxyl groups is 1. The Labute approximate surface area is 175 Å². The summed E-state index contributed by atoms with van der Waals surface area (Å²) in [4.78, 5) is 35.5. The highest BCUT2D eigenvalue weighted by Gasteiger charge is 2.23. The molecule has 0 saturated carbocycles. The lowest BCUT2D eigenvalue weighted by Crippen LogP contribution is -2.20. The zero-order valence-electron chi connectivity index (χ0n) is 15.4. The molecule has 1 amide bonds. The molecule has 9 heteroatoms. The maximum Gasteiger partial charge on any atom is 0.337 e. The zero-order chi connectivity index (χ0) is 21.8. The molecule has 0 spiro atoms. The molecule has 0 bridgehead atoms. The average molecular weight is 430 g/mol.